The molecule has 126 valence electrons. The molecular weight excluding hydrogens is 272 g/mol. The molecule has 0 spiro atoms. The molecule has 4 fully saturated rings. The third kappa shape index (κ3) is 2.51. The molecule has 0 aromatic rings. The predicted molar refractivity (Wildman–Crippen MR) is 89.4 cm³/mol. The molecule has 4 saturated carbocycles. The zero-order chi connectivity index (χ0) is 16.2. The minimum absolute atomic E-state index is 0.0359. The van der Waals surface area contributed by atoms with Crippen LogP contribution in [0, 0.1) is 59.2 Å². The van der Waals surface area contributed by atoms with Crippen molar-refractivity contribution in [3.63, 3.8) is 0 Å². The highest BCUT2D eigenvalue weighted by Crippen LogP contribution is 2.55. The Kier molecular flexibility index (Phi) is 4.33. The van der Waals surface area contributed by atoms with Crippen LogP contribution >= 0.6 is 0 Å². The fourth-order valence-corrected chi connectivity index (χ4v) is 6.79. The van der Waals surface area contributed by atoms with Crippen molar-refractivity contribution in [1.82, 2.24) is 0 Å². The Bertz CT molecular complexity index is 427. The summed E-state index contributed by atoms with van der Waals surface area (Å²) in [7, 11) is 0. The van der Waals surface area contributed by atoms with Crippen LogP contribution in [-0.2, 0) is 4.79 Å². The molecule has 0 radical (unpaired) electrons. The average molecular weight is 306 g/mol. The summed E-state index contributed by atoms with van der Waals surface area (Å²) in [6.07, 6.45) is 5.38. The highest BCUT2D eigenvalue weighted by molar-refractivity contribution is 5.71. The first-order chi connectivity index (χ1) is 10.3. The summed E-state index contributed by atoms with van der Waals surface area (Å²) < 4.78 is 0. The number of hydrogen-bond donors (Lipinski definition) is 1. The van der Waals surface area contributed by atoms with Crippen LogP contribution in [0.25, 0.3) is 0 Å². The van der Waals surface area contributed by atoms with Crippen LogP contribution in [0.2, 0.25) is 0 Å². The van der Waals surface area contributed by atoms with Crippen molar-refractivity contribution in [2.45, 2.75) is 60.3 Å². The van der Waals surface area contributed by atoms with Crippen molar-refractivity contribution in [3.8, 4) is 0 Å². The van der Waals surface area contributed by atoms with Gasteiger partial charge in [-0.2, -0.15) is 0 Å². The zero-order valence-corrected chi connectivity index (χ0v) is 15.0. The Morgan fingerprint density at radius 1 is 0.727 bits per heavy atom. The molecule has 2 nitrogen and oxygen atoms in total. The largest absolute Gasteiger partial charge is 0.481 e. The number of hydrogen-bond acceptors (Lipinski definition) is 1. The van der Waals surface area contributed by atoms with E-state index in [0.717, 1.165) is 41.9 Å². The summed E-state index contributed by atoms with van der Waals surface area (Å²) in [5.41, 5.74) is 0. The second kappa shape index (κ2) is 5.83. The van der Waals surface area contributed by atoms with Crippen LogP contribution in [0.5, 0.6) is 0 Å². The Balaban J connectivity index is 0.000000133. The SMILES string of the molecule is C[C@@H]1C2CC([C@@H](C)C2)[C@@H]1C.C[C@H]1CC2CC1[C@H](C)[C@@H]2C(=O)O. The molecule has 0 aromatic heterocycles. The van der Waals surface area contributed by atoms with Crippen LogP contribution in [0.1, 0.15) is 60.3 Å². The van der Waals surface area contributed by atoms with Crippen LogP contribution in [0.15, 0.2) is 0 Å². The number of carboxylic acids is 1. The first-order valence-electron chi connectivity index (χ1n) is 9.54. The maximum Gasteiger partial charge on any atom is 0.307 e. The topological polar surface area (TPSA) is 37.3 Å². The second-order valence-electron chi connectivity index (χ2n) is 9.19. The highest BCUT2D eigenvalue weighted by Gasteiger charge is 2.51. The van der Waals surface area contributed by atoms with E-state index in [9.17, 15) is 4.79 Å². The monoisotopic (exact) mass is 306 g/mol. The molecule has 4 aliphatic rings. The van der Waals surface area contributed by atoms with Crippen LogP contribution in [0.3, 0.4) is 0 Å². The van der Waals surface area contributed by atoms with Crippen molar-refractivity contribution in [2.75, 3.05) is 0 Å². The molecule has 4 bridgehead atoms. The van der Waals surface area contributed by atoms with E-state index in [-0.39, 0.29) is 5.92 Å². The summed E-state index contributed by atoms with van der Waals surface area (Å²) >= 11 is 0. The second-order valence-corrected chi connectivity index (χ2v) is 9.19. The molecule has 2 heteroatoms. The van der Waals surface area contributed by atoms with Gasteiger partial charge >= 0.3 is 5.97 Å². The lowest BCUT2D eigenvalue weighted by molar-refractivity contribution is -0.145. The Morgan fingerprint density at radius 2 is 1.23 bits per heavy atom. The fraction of sp³-hybridized carbons (Fsp3) is 0.950. The van der Waals surface area contributed by atoms with E-state index in [1.54, 1.807) is 6.42 Å². The summed E-state index contributed by atoms with van der Waals surface area (Å²) in [5, 5.41) is 8.99. The van der Waals surface area contributed by atoms with E-state index in [0.29, 0.717) is 17.8 Å². The normalized spacial score (nSPS) is 55.1. The van der Waals surface area contributed by atoms with Crippen LogP contribution in [-0.4, -0.2) is 11.1 Å². The molecule has 1 N–H and O–H groups in total. The Labute approximate surface area is 136 Å². The molecule has 10 atom stereocenters. The average Bonchev–Trinajstić information content (AvgIpc) is 3.13. The first-order valence-corrected chi connectivity index (χ1v) is 9.54. The number of carboxylic acid groups (broad SMARTS) is 1. The van der Waals surface area contributed by atoms with Gasteiger partial charge in [-0.1, -0.05) is 34.6 Å². The van der Waals surface area contributed by atoms with Crippen molar-refractivity contribution in [2.24, 2.45) is 59.2 Å². The summed E-state index contributed by atoms with van der Waals surface area (Å²) in [6, 6.07) is 0. The summed E-state index contributed by atoms with van der Waals surface area (Å²) in [6.45, 7) is 11.7. The van der Waals surface area contributed by atoms with Gasteiger partial charge in [-0.05, 0) is 78.9 Å². The van der Waals surface area contributed by atoms with Gasteiger partial charge in [0.25, 0.3) is 0 Å². The van der Waals surface area contributed by atoms with Gasteiger partial charge in [0, 0.05) is 0 Å². The molecule has 4 rings (SSSR count). The zero-order valence-electron chi connectivity index (χ0n) is 15.0. The number of aliphatic carboxylic acids is 1. The smallest absolute Gasteiger partial charge is 0.307 e. The van der Waals surface area contributed by atoms with Crippen molar-refractivity contribution < 1.29 is 9.90 Å². The number of fused-ring (bicyclic) bond motifs is 4. The van der Waals surface area contributed by atoms with Gasteiger partial charge in [0.1, 0.15) is 0 Å². The van der Waals surface area contributed by atoms with Gasteiger partial charge in [0.15, 0.2) is 0 Å². The minimum Gasteiger partial charge on any atom is -0.481 e. The van der Waals surface area contributed by atoms with E-state index < -0.39 is 5.97 Å². The maximum atomic E-state index is 10.9. The first kappa shape index (κ1) is 16.3. The molecule has 0 saturated heterocycles. The van der Waals surface area contributed by atoms with Crippen molar-refractivity contribution >= 4 is 5.97 Å². The van der Waals surface area contributed by atoms with E-state index in [1.807, 2.05) is 0 Å². The van der Waals surface area contributed by atoms with Crippen LogP contribution < -0.4 is 0 Å². The van der Waals surface area contributed by atoms with E-state index in [4.69, 9.17) is 5.11 Å². The lowest BCUT2D eigenvalue weighted by atomic mass is 9.76. The van der Waals surface area contributed by atoms with Crippen molar-refractivity contribution in [1.29, 1.82) is 0 Å². The molecule has 22 heavy (non-hydrogen) atoms. The fourth-order valence-electron chi connectivity index (χ4n) is 6.79. The van der Waals surface area contributed by atoms with E-state index in [1.165, 1.54) is 12.8 Å². The predicted octanol–water partition coefficient (Wildman–Crippen LogP) is 4.93. The minimum atomic E-state index is -0.568. The van der Waals surface area contributed by atoms with Gasteiger partial charge in [-0.15, -0.1) is 0 Å². The number of rotatable bonds is 1. The van der Waals surface area contributed by atoms with E-state index >= 15 is 0 Å². The lowest BCUT2D eigenvalue weighted by Gasteiger charge is -2.29. The van der Waals surface area contributed by atoms with Gasteiger partial charge < -0.3 is 5.11 Å². The lowest BCUT2D eigenvalue weighted by Crippen LogP contribution is -2.30. The number of carbonyl (C=O) groups is 1. The summed E-state index contributed by atoms with van der Waals surface area (Å²) in [4.78, 5) is 10.9. The molecule has 0 aliphatic heterocycles. The quantitative estimate of drug-likeness (QED) is 0.745. The van der Waals surface area contributed by atoms with Crippen molar-refractivity contribution in [3.05, 3.63) is 0 Å². The van der Waals surface area contributed by atoms with Gasteiger partial charge in [-0.3, -0.25) is 4.79 Å². The highest BCUT2D eigenvalue weighted by atomic mass is 16.4. The molecule has 0 aromatic carbocycles. The third-order valence-corrected chi connectivity index (χ3v) is 8.24. The molecule has 0 heterocycles. The van der Waals surface area contributed by atoms with Gasteiger partial charge in [0.2, 0.25) is 0 Å². The standard InChI is InChI=1S/C10H16O2.C10H18/c1-5-3-7-4-8(5)6(2)9(7)10(11)12;1-6-4-9-5-10(6)8(3)7(9)2/h5-9H,3-4H2,1-2H3,(H,11,12);6-10H,4-5H2,1-3H3/t5-,6-,7?,8?,9-;6-,7-,8+,9?,10?/m00/s1. The van der Waals surface area contributed by atoms with E-state index in [2.05, 4.69) is 34.6 Å². The Hall–Kier alpha value is -0.530. The Morgan fingerprint density at radius 3 is 1.59 bits per heavy atom. The van der Waals surface area contributed by atoms with Gasteiger partial charge in [-0.25, -0.2) is 0 Å². The molecule has 4 aliphatic carbocycles. The summed E-state index contributed by atoms with van der Waals surface area (Å²) in [5.74, 6) is 7.01. The van der Waals surface area contributed by atoms with Crippen LogP contribution in [0.4, 0.5) is 0 Å². The molecule has 4 unspecified atom stereocenters. The third-order valence-electron chi connectivity index (χ3n) is 8.24. The molecular formula is C20H34O2. The molecule has 0 amide bonds. The van der Waals surface area contributed by atoms with Gasteiger partial charge in [0.05, 0.1) is 5.92 Å². The maximum absolute atomic E-state index is 10.9.